The topological polar surface area (TPSA) is 53.4 Å². The van der Waals surface area contributed by atoms with Crippen molar-refractivity contribution < 1.29 is 4.79 Å². The molecule has 3 rings (SSSR count). The van der Waals surface area contributed by atoms with E-state index in [0.717, 1.165) is 51.9 Å². The first-order valence-electron chi connectivity index (χ1n) is 9.27. The molecule has 0 spiro atoms. The summed E-state index contributed by atoms with van der Waals surface area (Å²) in [7, 11) is 1.99. The number of piperidine rings is 2. The Kier molecular flexibility index (Phi) is 5.25. The van der Waals surface area contributed by atoms with E-state index in [1.807, 2.05) is 28.9 Å². The predicted molar refractivity (Wildman–Crippen MR) is 94.8 cm³/mol. The van der Waals surface area contributed by atoms with Gasteiger partial charge < -0.3 is 15.1 Å². The smallest absolute Gasteiger partial charge is 0.250 e. The Hall–Kier alpha value is -1.40. The van der Waals surface area contributed by atoms with Crippen molar-refractivity contribution in [1.82, 2.24) is 24.9 Å². The molecule has 134 valence electrons. The number of aromatic nitrogens is 2. The minimum atomic E-state index is -0.515. The number of likely N-dealkylation sites (N-methyl/N-ethyl adjacent to an activating group) is 1. The second-order valence-corrected chi connectivity index (χ2v) is 7.51. The van der Waals surface area contributed by atoms with Crippen LogP contribution in [0.2, 0.25) is 0 Å². The maximum Gasteiger partial charge on any atom is 0.250 e. The number of hydrogen-bond acceptors (Lipinski definition) is 4. The third kappa shape index (κ3) is 3.22. The van der Waals surface area contributed by atoms with Crippen molar-refractivity contribution >= 4 is 5.91 Å². The summed E-state index contributed by atoms with van der Waals surface area (Å²) >= 11 is 0. The van der Waals surface area contributed by atoms with Gasteiger partial charge in [-0.15, -0.1) is 0 Å². The van der Waals surface area contributed by atoms with Crippen molar-refractivity contribution in [2.24, 2.45) is 0 Å². The molecule has 0 bridgehead atoms. The summed E-state index contributed by atoms with van der Waals surface area (Å²) in [4.78, 5) is 18.0. The quantitative estimate of drug-likeness (QED) is 0.902. The van der Waals surface area contributed by atoms with Gasteiger partial charge in [0.15, 0.2) is 0 Å². The molecule has 0 unspecified atom stereocenters. The molecule has 2 fully saturated rings. The SMILES string of the molecule is CC(C)N1CCC(N(C)C(=O)C2(n3cccn3)CCNCC2)CC1. The maximum absolute atomic E-state index is 13.5. The molecule has 1 N–H and O–H groups in total. The summed E-state index contributed by atoms with van der Waals surface area (Å²) in [5, 5.41) is 7.80. The second kappa shape index (κ2) is 7.23. The first kappa shape index (κ1) is 17.4. The van der Waals surface area contributed by atoms with Crippen LogP contribution in [0.15, 0.2) is 18.5 Å². The van der Waals surface area contributed by atoms with Crippen LogP contribution in [-0.4, -0.2) is 70.8 Å². The van der Waals surface area contributed by atoms with E-state index >= 15 is 0 Å². The fourth-order valence-corrected chi connectivity index (χ4v) is 4.19. The van der Waals surface area contributed by atoms with Crippen molar-refractivity contribution in [2.75, 3.05) is 33.2 Å². The zero-order valence-corrected chi connectivity index (χ0v) is 15.2. The van der Waals surface area contributed by atoms with Gasteiger partial charge in [-0.25, -0.2) is 0 Å². The lowest BCUT2D eigenvalue weighted by Crippen LogP contribution is -2.58. The first-order valence-corrected chi connectivity index (χ1v) is 9.27. The van der Waals surface area contributed by atoms with Crippen molar-refractivity contribution in [3.63, 3.8) is 0 Å². The first-order chi connectivity index (χ1) is 11.5. The lowest BCUT2D eigenvalue weighted by Gasteiger charge is -2.44. The summed E-state index contributed by atoms with van der Waals surface area (Å²) in [6, 6.07) is 2.85. The molecule has 6 nitrogen and oxygen atoms in total. The van der Waals surface area contributed by atoms with Crippen LogP contribution in [-0.2, 0) is 10.3 Å². The van der Waals surface area contributed by atoms with Gasteiger partial charge in [-0.2, -0.15) is 5.10 Å². The molecule has 0 saturated carbocycles. The minimum Gasteiger partial charge on any atom is -0.341 e. The standard InChI is InChI=1S/C18H31N5O/c1-15(2)22-13-5-16(6-14-22)21(3)17(24)18(7-10-19-11-8-18)23-12-4-9-20-23/h4,9,12,15-16,19H,5-8,10-11,13-14H2,1-3H3. The molecule has 0 aliphatic carbocycles. The van der Waals surface area contributed by atoms with Gasteiger partial charge in [0.05, 0.1) is 0 Å². The number of likely N-dealkylation sites (tertiary alicyclic amines) is 1. The summed E-state index contributed by atoms with van der Waals surface area (Å²) in [6.45, 7) is 8.39. The van der Waals surface area contributed by atoms with Gasteiger partial charge >= 0.3 is 0 Å². The van der Waals surface area contributed by atoms with E-state index in [9.17, 15) is 4.79 Å². The van der Waals surface area contributed by atoms with E-state index < -0.39 is 5.54 Å². The Morgan fingerprint density at radius 3 is 2.50 bits per heavy atom. The molecule has 0 atom stereocenters. The third-order valence-corrected chi connectivity index (χ3v) is 5.87. The number of rotatable bonds is 4. The number of nitrogens with one attached hydrogen (secondary N) is 1. The van der Waals surface area contributed by atoms with Crippen LogP contribution in [0.5, 0.6) is 0 Å². The van der Waals surface area contributed by atoms with E-state index in [-0.39, 0.29) is 5.91 Å². The Morgan fingerprint density at radius 1 is 1.29 bits per heavy atom. The molecule has 2 aliphatic heterocycles. The van der Waals surface area contributed by atoms with E-state index in [0.29, 0.717) is 12.1 Å². The largest absolute Gasteiger partial charge is 0.341 e. The monoisotopic (exact) mass is 333 g/mol. The van der Waals surface area contributed by atoms with Crippen molar-refractivity contribution in [3.05, 3.63) is 18.5 Å². The molecular weight excluding hydrogens is 302 g/mol. The number of amides is 1. The van der Waals surface area contributed by atoms with Crippen molar-refractivity contribution in [1.29, 1.82) is 0 Å². The lowest BCUT2D eigenvalue weighted by molar-refractivity contribution is -0.145. The highest BCUT2D eigenvalue weighted by Crippen LogP contribution is 2.31. The molecule has 0 aromatic carbocycles. The Labute approximate surface area is 145 Å². The van der Waals surface area contributed by atoms with E-state index in [1.165, 1.54) is 0 Å². The van der Waals surface area contributed by atoms with Crippen LogP contribution in [0.4, 0.5) is 0 Å². The Morgan fingerprint density at radius 2 is 1.96 bits per heavy atom. The summed E-state index contributed by atoms with van der Waals surface area (Å²) < 4.78 is 1.90. The van der Waals surface area contributed by atoms with Crippen LogP contribution in [0.3, 0.4) is 0 Å². The van der Waals surface area contributed by atoms with Gasteiger partial charge in [0.25, 0.3) is 5.91 Å². The highest BCUT2D eigenvalue weighted by atomic mass is 16.2. The van der Waals surface area contributed by atoms with Crippen LogP contribution in [0.25, 0.3) is 0 Å². The Bertz CT molecular complexity index is 528. The molecule has 1 aromatic heterocycles. The van der Waals surface area contributed by atoms with Crippen LogP contribution in [0.1, 0.15) is 39.5 Å². The van der Waals surface area contributed by atoms with Gasteiger partial charge in [0.2, 0.25) is 0 Å². The van der Waals surface area contributed by atoms with Gasteiger partial charge in [0.1, 0.15) is 5.54 Å². The number of carbonyl (C=O) groups is 1. The zero-order valence-electron chi connectivity index (χ0n) is 15.2. The van der Waals surface area contributed by atoms with Gasteiger partial charge in [-0.1, -0.05) is 0 Å². The van der Waals surface area contributed by atoms with Gasteiger partial charge in [-0.3, -0.25) is 9.48 Å². The molecule has 1 aromatic rings. The molecule has 6 heteroatoms. The van der Waals surface area contributed by atoms with Crippen LogP contribution in [0, 0.1) is 0 Å². The van der Waals surface area contributed by atoms with Crippen LogP contribution < -0.4 is 5.32 Å². The summed E-state index contributed by atoms with van der Waals surface area (Å²) in [5.74, 6) is 0.232. The van der Waals surface area contributed by atoms with E-state index in [1.54, 1.807) is 6.20 Å². The van der Waals surface area contributed by atoms with E-state index in [2.05, 4.69) is 29.2 Å². The second-order valence-electron chi connectivity index (χ2n) is 7.51. The number of hydrogen-bond donors (Lipinski definition) is 1. The average Bonchev–Trinajstić information content (AvgIpc) is 3.16. The number of carbonyl (C=O) groups excluding carboxylic acids is 1. The number of nitrogens with zero attached hydrogens (tertiary/aromatic N) is 4. The molecular formula is C18H31N5O. The van der Waals surface area contributed by atoms with Gasteiger partial charge in [-0.05, 0) is 58.7 Å². The molecule has 3 heterocycles. The van der Waals surface area contributed by atoms with E-state index in [4.69, 9.17) is 0 Å². The molecule has 1 amide bonds. The maximum atomic E-state index is 13.5. The van der Waals surface area contributed by atoms with Crippen molar-refractivity contribution in [2.45, 2.75) is 57.2 Å². The normalized spacial score (nSPS) is 22.7. The molecule has 24 heavy (non-hydrogen) atoms. The minimum absolute atomic E-state index is 0.232. The van der Waals surface area contributed by atoms with Crippen molar-refractivity contribution in [3.8, 4) is 0 Å². The molecule has 2 saturated heterocycles. The highest BCUT2D eigenvalue weighted by molar-refractivity contribution is 5.84. The lowest BCUT2D eigenvalue weighted by atomic mass is 9.86. The predicted octanol–water partition coefficient (Wildman–Crippen LogP) is 1.29. The average molecular weight is 333 g/mol. The molecule has 2 aliphatic rings. The fourth-order valence-electron chi connectivity index (χ4n) is 4.19. The van der Waals surface area contributed by atoms with Gasteiger partial charge in [0, 0.05) is 44.6 Å². The summed E-state index contributed by atoms with van der Waals surface area (Å²) in [6.07, 6.45) is 7.46. The fraction of sp³-hybridized carbons (Fsp3) is 0.778. The van der Waals surface area contributed by atoms with Crippen LogP contribution >= 0.6 is 0 Å². The molecule has 0 radical (unpaired) electrons. The highest BCUT2D eigenvalue weighted by Gasteiger charge is 2.45. The Balaban J connectivity index is 1.73. The summed E-state index contributed by atoms with van der Waals surface area (Å²) in [5.41, 5.74) is -0.515. The zero-order chi connectivity index (χ0) is 17.2. The third-order valence-electron chi connectivity index (χ3n) is 5.87.